The molecule has 0 saturated carbocycles. The van der Waals surface area contributed by atoms with Crippen LogP contribution < -0.4 is 0 Å². The van der Waals surface area contributed by atoms with Gasteiger partial charge in [0.25, 0.3) is 0 Å². The second kappa shape index (κ2) is 4.88. The summed E-state index contributed by atoms with van der Waals surface area (Å²) in [7, 11) is 0. The van der Waals surface area contributed by atoms with Crippen LogP contribution in [0, 0.1) is 6.92 Å². The first-order valence-corrected chi connectivity index (χ1v) is 8.11. The van der Waals surface area contributed by atoms with Gasteiger partial charge in [-0.3, -0.25) is 0 Å². The van der Waals surface area contributed by atoms with E-state index in [-0.39, 0.29) is 0 Å². The molecule has 19 heavy (non-hydrogen) atoms. The average Bonchev–Trinajstić information content (AvgIpc) is 3.07. The number of hydrogen-bond acceptors (Lipinski definition) is 5. The summed E-state index contributed by atoms with van der Waals surface area (Å²) in [6.07, 6.45) is 0. The minimum atomic E-state index is -0.896. The summed E-state index contributed by atoms with van der Waals surface area (Å²) in [5.74, 6) is -0.896. The molecule has 0 radical (unpaired) electrons. The number of hydrogen-bond donors (Lipinski definition) is 1. The maximum absolute atomic E-state index is 10.9. The molecule has 3 nitrogen and oxygen atoms in total. The van der Waals surface area contributed by atoms with Crippen LogP contribution in [0.5, 0.6) is 0 Å². The fraction of sp³-hybridized carbons (Fsp3) is 0.0769. The quantitative estimate of drug-likeness (QED) is 0.769. The maximum atomic E-state index is 10.9. The Hall–Kier alpha value is -1.50. The van der Waals surface area contributed by atoms with Gasteiger partial charge in [0.1, 0.15) is 5.01 Å². The zero-order valence-electron chi connectivity index (χ0n) is 9.91. The van der Waals surface area contributed by atoms with Gasteiger partial charge in [0.2, 0.25) is 0 Å². The van der Waals surface area contributed by atoms with Gasteiger partial charge < -0.3 is 5.11 Å². The second-order valence-corrected chi connectivity index (χ2v) is 6.66. The number of carboxylic acid groups (broad SMARTS) is 1. The van der Waals surface area contributed by atoms with Crippen LogP contribution >= 0.6 is 34.0 Å². The lowest BCUT2D eigenvalue weighted by atomic mass is 10.3. The molecule has 0 aliphatic rings. The molecule has 0 fully saturated rings. The predicted octanol–water partition coefficient (Wildman–Crippen LogP) is 4.61. The van der Waals surface area contributed by atoms with Crippen LogP contribution in [0.25, 0.3) is 20.5 Å². The zero-order chi connectivity index (χ0) is 13.4. The van der Waals surface area contributed by atoms with Gasteiger partial charge in [-0.15, -0.1) is 34.0 Å². The Morgan fingerprint density at radius 1 is 1.26 bits per heavy atom. The van der Waals surface area contributed by atoms with E-state index in [2.05, 4.69) is 23.4 Å². The summed E-state index contributed by atoms with van der Waals surface area (Å²) < 4.78 is 0. The lowest BCUT2D eigenvalue weighted by Gasteiger charge is -1.92. The van der Waals surface area contributed by atoms with E-state index in [1.54, 1.807) is 34.1 Å². The standard InChI is InChI=1S/C13H9NO2S3/c1-7-2-3-17-11(7)12-14-9(6-19-12)10-4-8(5-18-10)13(15)16/h2-6H,1H3,(H,15,16). The maximum Gasteiger partial charge on any atom is 0.336 e. The van der Waals surface area contributed by atoms with Crippen molar-refractivity contribution in [3.8, 4) is 20.5 Å². The average molecular weight is 307 g/mol. The third-order valence-electron chi connectivity index (χ3n) is 2.66. The molecule has 3 aromatic heterocycles. The summed E-state index contributed by atoms with van der Waals surface area (Å²) in [6.45, 7) is 2.07. The Bertz CT molecular complexity index is 739. The Balaban J connectivity index is 1.97. The molecule has 0 spiro atoms. The number of aromatic carboxylic acids is 1. The summed E-state index contributed by atoms with van der Waals surface area (Å²) in [4.78, 5) is 17.6. The minimum absolute atomic E-state index is 0.321. The lowest BCUT2D eigenvalue weighted by molar-refractivity contribution is 0.0697. The molecule has 3 aromatic rings. The molecule has 0 bridgehead atoms. The van der Waals surface area contributed by atoms with Crippen LogP contribution in [-0.2, 0) is 0 Å². The molecular formula is C13H9NO2S3. The fourth-order valence-corrected chi connectivity index (χ4v) is 4.50. The molecule has 3 heterocycles. The number of carboxylic acids is 1. The first-order valence-electron chi connectivity index (χ1n) is 5.47. The summed E-state index contributed by atoms with van der Waals surface area (Å²) in [5, 5.41) is 15.6. The van der Waals surface area contributed by atoms with E-state index >= 15 is 0 Å². The molecule has 3 rings (SSSR count). The molecule has 0 saturated heterocycles. The number of thiazole rings is 1. The highest BCUT2D eigenvalue weighted by Crippen LogP contribution is 2.35. The molecule has 0 aromatic carbocycles. The monoisotopic (exact) mass is 307 g/mol. The highest BCUT2D eigenvalue weighted by atomic mass is 32.1. The highest BCUT2D eigenvalue weighted by Gasteiger charge is 2.13. The number of carbonyl (C=O) groups is 1. The zero-order valence-corrected chi connectivity index (χ0v) is 12.4. The van der Waals surface area contributed by atoms with Crippen molar-refractivity contribution in [3.63, 3.8) is 0 Å². The number of aryl methyl sites for hydroxylation is 1. The van der Waals surface area contributed by atoms with E-state index in [9.17, 15) is 4.79 Å². The lowest BCUT2D eigenvalue weighted by Crippen LogP contribution is -1.91. The van der Waals surface area contributed by atoms with Gasteiger partial charge in [0, 0.05) is 10.8 Å². The van der Waals surface area contributed by atoms with Crippen LogP contribution in [0.4, 0.5) is 0 Å². The van der Waals surface area contributed by atoms with Crippen LogP contribution in [0.3, 0.4) is 0 Å². The Labute approximate surface area is 121 Å². The first-order chi connectivity index (χ1) is 9.15. The third-order valence-corrected chi connectivity index (χ3v) is 5.62. The van der Waals surface area contributed by atoms with Crippen LogP contribution in [0.2, 0.25) is 0 Å². The molecule has 0 unspecified atom stereocenters. The molecule has 0 amide bonds. The molecular weight excluding hydrogens is 298 g/mol. The molecule has 0 aliphatic carbocycles. The van der Waals surface area contributed by atoms with Crippen LogP contribution in [0.15, 0.2) is 28.3 Å². The molecule has 0 atom stereocenters. The van der Waals surface area contributed by atoms with Gasteiger partial charge in [0.05, 0.1) is 21.0 Å². The minimum Gasteiger partial charge on any atom is -0.478 e. The van der Waals surface area contributed by atoms with Crippen molar-refractivity contribution < 1.29 is 9.90 Å². The number of aromatic nitrogens is 1. The van der Waals surface area contributed by atoms with Gasteiger partial charge in [-0.05, 0) is 30.0 Å². The predicted molar refractivity (Wildman–Crippen MR) is 80.4 cm³/mol. The van der Waals surface area contributed by atoms with Crippen molar-refractivity contribution in [1.82, 2.24) is 4.98 Å². The normalized spacial score (nSPS) is 10.8. The van der Waals surface area contributed by atoms with Crippen LogP contribution in [0.1, 0.15) is 15.9 Å². The van der Waals surface area contributed by atoms with E-state index in [1.165, 1.54) is 21.8 Å². The van der Waals surface area contributed by atoms with Gasteiger partial charge in [-0.2, -0.15) is 0 Å². The van der Waals surface area contributed by atoms with E-state index in [4.69, 9.17) is 5.11 Å². The highest BCUT2D eigenvalue weighted by molar-refractivity contribution is 7.20. The first kappa shape index (κ1) is 12.5. The largest absolute Gasteiger partial charge is 0.478 e. The van der Waals surface area contributed by atoms with Crippen molar-refractivity contribution in [2.45, 2.75) is 6.92 Å². The van der Waals surface area contributed by atoms with Crippen molar-refractivity contribution >= 4 is 40.0 Å². The second-order valence-electron chi connectivity index (χ2n) is 3.98. The van der Waals surface area contributed by atoms with Gasteiger partial charge >= 0.3 is 5.97 Å². The van der Waals surface area contributed by atoms with Gasteiger partial charge in [-0.1, -0.05) is 0 Å². The van der Waals surface area contributed by atoms with E-state index in [1.807, 2.05) is 5.38 Å². The molecule has 96 valence electrons. The number of nitrogens with zero attached hydrogens (tertiary/aromatic N) is 1. The summed E-state index contributed by atoms with van der Waals surface area (Å²) in [5.41, 5.74) is 2.40. The van der Waals surface area contributed by atoms with E-state index in [0.717, 1.165) is 15.6 Å². The van der Waals surface area contributed by atoms with Gasteiger partial charge in [0.15, 0.2) is 0 Å². The fourth-order valence-electron chi connectivity index (χ4n) is 1.67. The smallest absolute Gasteiger partial charge is 0.336 e. The Morgan fingerprint density at radius 2 is 2.11 bits per heavy atom. The molecule has 6 heteroatoms. The Kier molecular flexibility index (Phi) is 3.22. The van der Waals surface area contributed by atoms with Crippen LogP contribution in [-0.4, -0.2) is 16.1 Å². The van der Waals surface area contributed by atoms with E-state index < -0.39 is 5.97 Å². The molecule has 1 N–H and O–H groups in total. The third kappa shape index (κ3) is 2.34. The van der Waals surface area contributed by atoms with Crippen molar-refractivity contribution in [2.75, 3.05) is 0 Å². The van der Waals surface area contributed by atoms with Gasteiger partial charge in [-0.25, -0.2) is 9.78 Å². The topological polar surface area (TPSA) is 50.2 Å². The van der Waals surface area contributed by atoms with Crippen molar-refractivity contribution in [3.05, 3.63) is 39.4 Å². The number of thiophene rings is 2. The SMILES string of the molecule is Cc1ccsc1-c1nc(-c2cc(C(=O)O)cs2)cs1. The van der Waals surface area contributed by atoms with Crippen molar-refractivity contribution in [1.29, 1.82) is 0 Å². The Morgan fingerprint density at radius 3 is 2.74 bits per heavy atom. The summed E-state index contributed by atoms with van der Waals surface area (Å²) in [6, 6.07) is 3.75. The summed E-state index contributed by atoms with van der Waals surface area (Å²) >= 11 is 4.68. The molecule has 0 aliphatic heterocycles. The number of rotatable bonds is 3. The van der Waals surface area contributed by atoms with Crippen molar-refractivity contribution in [2.24, 2.45) is 0 Å². The van der Waals surface area contributed by atoms with E-state index in [0.29, 0.717) is 5.56 Å².